The van der Waals surface area contributed by atoms with E-state index in [0.29, 0.717) is 12.1 Å². The van der Waals surface area contributed by atoms with E-state index < -0.39 is 42.9 Å². The van der Waals surface area contributed by atoms with Gasteiger partial charge in [-0.1, -0.05) is 133 Å². The molecule has 16 nitrogen and oxygen atoms in total. The Bertz CT molecular complexity index is 2840. The maximum absolute atomic E-state index is 14.1. The molecule has 0 aliphatic carbocycles. The van der Waals surface area contributed by atoms with Crippen LogP contribution >= 0.6 is 0 Å². The Labute approximate surface area is 417 Å². The topological polar surface area (TPSA) is 225 Å². The minimum absolute atomic E-state index is 0.0792. The Kier molecular flexibility index (Phi) is 20.0. The second kappa shape index (κ2) is 26.4. The van der Waals surface area contributed by atoms with Crippen LogP contribution in [0.15, 0.2) is 146 Å². The Morgan fingerprint density at radius 1 is 0.690 bits per heavy atom. The molecule has 4 N–H and O–H groups in total. The number of azo groups is 1. The van der Waals surface area contributed by atoms with Crippen LogP contribution in [0.5, 0.6) is 11.5 Å². The van der Waals surface area contributed by atoms with Crippen molar-refractivity contribution in [3.05, 3.63) is 132 Å². The largest absolute Gasteiger partial charge is 0.456 e. The number of amidine groups is 1. The van der Waals surface area contributed by atoms with Crippen molar-refractivity contribution in [3.8, 4) is 11.5 Å². The molecule has 0 bridgehead atoms. The summed E-state index contributed by atoms with van der Waals surface area (Å²) in [4.78, 5) is 39.9. The zero-order valence-corrected chi connectivity index (χ0v) is 41.9. The number of nitrogens with zero attached hydrogens (tertiary/aromatic N) is 4. The number of carbonyl (C=O) groups excluding carboxylic acids is 3. The Hall–Kier alpha value is -6.76. The van der Waals surface area contributed by atoms with Crippen molar-refractivity contribution in [1.29, 1.82) is 0 Å². The summed E-state index contributed by atoms with van der Waals surface area (Å²) in [6, 6.07) is 28.7. The number of nitrogens with one attached hydrogen (secondary N) is 3. The normalized spacial score (nSPS) is 13.8. The molecule has 0 saturated carbocycles. The molecule has 5 aromatic carbocycles. The summed E-state index contributed by atoms with van der Waals surface area (Å²) in [5, 5.41) is 19.1. The van der Waals surface area contributed by atoms with E-state index in [9.17, 15) is 35.8 Å². The molecule has 3 amide bonds. The zero-order valence-electron chi connectivity index (χ0n) is 40.3. The number of sulfonamides is 1. The molecule has 5 aromatic rings. The van der Waals surface area contributed by atoms with Crippen molar-refractivity contribution in [2.75, 3.05) is 15.0 Å². The van der Waals surface area contributed by atoms with Crippen LogP contribution in [-0.2, 0) is 29.7 Å². The first-order chi connectivity index (χ1) is 34.2. The third-order valence-electron chi connectivity index (χ3n) is 11.7. The van der Waals surface area contributed by atoms with E-state index in [0.717, 1.165) is 35.9 Å². The van der Waals surface area contributed by atoms with Gasteiger partial charge in [0.25, 0.3) is 32.0 Å². The van der Waals surface area contributed by atoms with Gasteiger partial charge in [0.1, 0.15) is 16.4 Å². The third kappa shape index (κ3) is 16.7. The van der Waals surface area contributed by atoms with Crippen LogP contribution in [0, 0.1) is 6.92 Å². The van der Waals surface area contributed by atoms with Gasteiger partial charge in [0.2, 0.25) is 11.9 Å². The molecule has 0 radical (unpaired) electrons. The number of carbonyl (C=O) groups is 3. The van der Waals surface area contributed by atoms with Crippen molar-refractivity contribution >= 4 is 66.4 Å². The molecule has 1 aliphatic rings. The lowest BCUT2D eigenvalue weighted by Crippen LogP contribution is -2.39. The lowest BCUT2D eigenvalue weighted by molar-refractivity contribution is -0.118. The maximum atomic E-state index is 14.1. The Morgan fingerprint density at radius 3 is 1.86 bits per heavy atom. The number of benzene rings is 5. The van der Waals surface area contributed by atoms with Gasteiger partial charge in [0.05, 0.1) is 16.3 Å². The molecule has 0 saturated heterocycles. The van der Waals surface area contributed by atoms with Crippen LogP contribution in [0.4, 0.5) is 22.7 Å². The molecular weight excluding hydrogens is 943 g/mol. The van der Waals surface area contributed by atoms with Gasteiger partial charge in [0, 0.05) is 23.4 Å². The lowest BCUT2D eigenvalue weighted by atomic mass is 10.0. The summed E-state index contributed by atoms with van der Waals surface area (Å²) < 4.78 is 69.5. The second-order valence-corrected chi connectivity index (χ2v) is 20.6. The molecule has 1 atom stereocenters. The number of hydrazone groups is 1. The number of amides is 3. The molecule has 376 valence electrons. The number of ether oxygens (including phenoxy) is 1. The summed E-state index contributed by atoms with van der Waals surface area (Å²) in [6.45, 7) is 4.09. The molecule has 71 heavy (non-hydrogen) atoms. The highest BCUT2D eigenvalue weighted by atomic mass is 32.2. The lowest BCUT2D eigenvalue weighted by Gasteiger charge is -2.15. The van der Waals surface area contributed by atoms with Crippen molar-refractivity contribution in [3.63, 3.8) is 0 Å². The van der Waals surface area contributed by atoms with E-state index in [1.807, 2.05) is 6.92 Å². The Morgan fingerprint density at radius 2 is 1.27 bits per heavy atom. The average molecular weight is 1010 g/mol. The van der Waals surface area contributed by atoms with Crippen LogP contribution in [0.25, 0.3) is 0 Å². The first kappa shape index (κ1) is 53.6. The van der Waals surface area contributed by atoms with Gasteiger partial charge in [-0.2, -0.15) is 23.7 Å². The van der Waals surface area contributed by atoms with E-state index in [2.05, 4.69) is 37.6 Å². The van der Waals surface area contributed by atoms with E-state index in [4.69, 9.17) is 4.74 Å². The summed E-state index contributed by atoms with van der Waals surface area (Å²) in [5.74, 6) is -1.84. The number of unbranched alkanes of at least 4 members (excludes halogenated alkanes) is 14. The van der Waals surface area contributed by atoms with Crippen LogP contribution < -0.4 is 25.1 Å². The minimum atomic E-state index is -4.90. The minimum Gasteiger partial charge on any atom is -0.456 e. The molecule has 1 heterocycles. The van der Waals surface area contributed by atoms with Gasteiger partial charge in [-0.3, -0.25) is 23.7 Å². The van der Waals surface area contributed by atoms with Gasteiger partial charge < -0.3 is 15.4 Å². The van der Waals surface area contributed by atoms with Crippen molar-refractivity contribution < 1.29 is 40.5 Å². The number of anilines is 3. The smallest absolute Gasteiger partial charge is 0.298 e. The van der Waals surface area contributed by atoms with Gasteiger partial charge in [-0.05, 0) is 104 Å². The van der Waals surface area contributed by atoms with E-state index in [1.54, 1.807) is 54.6 Å². The predicted molar refractivity (Wildman–Crippen MR) is 277 cm³/mol. The molecule has 18 heteroatoms. The standard InChI is InChI=1S/C53H63N7O9S2/c1-3-4-5-6-7-8-9-10-11-12-13-14-15-16-20-23-49(61)54-41-28-26-40(27-29-41)52(62)55-51-50(57-56-42-30-32-43(33-31-42)59-70(64,65)46-35-24-39(2)25-36-46)53(63)60(58-51)44-34-37-47(48(38-44)71(66,67)68)69-45-21-18-17-19-22-45/h17-19,21-22,24-38,50,59H,3-16,20,23H2,1-2H3,(H,54,61)(H,55,58,62)(H,66,67,68)/b57-56+. The highest BCUT2D eigenvalue weighted by molar-refractivity contribution is 7.92. The fourth-order valence-electron chi connectivity index (χ4n) is 7.78. The van der Waals surface area contributed by atoms with E-state index in [-0.39, 0.29) is 50.8 Å². The Balaban J connectivity index is 1.08. The van der Waals surface area contributed by atoms with E-state index in [1.165, 1.54) is 138 Å². The summed E-state index contributed by atoms with van der Waals surface area (Å²) in [6.07, 6.45) is 19.0. The summed E-state index contributed by atoms with van der Waals surface area (Å²) in [7, 11) is -8.79. The summed E-state index contributed by atoms with van der Waals surface area (Å²) in [5.41, 5.74) is 1.91. The zero-order chi connectivity index (χ0) is 50.6. The highest BCUT2D eigenvalue weighted by Gasteiger charge is 2.39. The first-order valence-corrected chi connectivity index (χ1v) is 27.2. The SMILES string of the molecule is CCCCCCCCCCCCCCCCCC(=O)Nc1ccc(C(=O)NC2=NN(c3ccc(Oc4ccccc4)c(S(=O)(=O)O)c3)C(=O)C2/N=N/c2ccc(NS(=O)(=O)c3ccc(C)cc3)cc2)cc1. The van der Waals surface area contributed by atoms with Gasteiger partial charge in [0.15, 0.2) is 5.84 Å². The van der Waals surface area contributed by atoms with Crippen LogP contribution in [0.1, 0.15) is 126 Å². The maximum Gasteiger partial charge on any atom is 0.298 e. The number of aryl methyl sites for hydroxylation is 1. The number of rotatable bonds is 27. The quantitative estimate of drug-likeness (QED) is 0.0223. The highest BCUT2D eigenvalue weighted by Crippen LogP contribution is 2.34. The second-order valence-electron chi connectivity index (χ2n) is 17.5. The van der Waals surface area contributed by atoms with Crippen LogP contribution in [0.3, 0.4) is 0 Å². The van der Waals surface area contributed by atoms with Gasteiger partial charge >= 0.3 is 0 Å². The van der Waals surface area contributed by atoms with Gasteiger partial charge in [-0.15, -0.1) is 5.10 Å². The molecule has 1 aliphatic heterocycles. The molecule has 0 spiro atoms. The summed E-state index contributed by atoms with van der Waals surface area (Å²) >= 11 is 0. The van der Waals surface area contributed by atoms with Crippen molar-refractivity contribution in [2.45, 2.75) is 132 Å². The van der Waals surface area contributed by atoms with Crippen LogP contribution in [-0.4, -0.2) is 51.0 Å². The van der Waals surface area contributed by atoms with Gasteiger partial charge in [-0.25, -0.2) is 8.42 Å². The molecule has 1 unspecified atom stereocenters. The molecule has 0 aromatic heterocycles. The number of para-hydroxylation sites is 1. The molecule has 0 fully saturated rings. The number of hydrogen-bond acceptors (Lipinski definition) is 11. The van der Waals surface area contributed by atoms with Crippen molar-refractivity contribution in [1.82, 2.24) is 5.32 Å². The predicted octanol–water partition coefficient (Wildman–Crippen LogP) is 12.3. The monoisotopic (exact) mass is 1010 g/mol. The molecule has 6 rings (SSSR count). The average Bonchev–Trinajstić information content (AvgIpc) is 3.66. The first-order valence-electron chi connectivity index (χ1n) is 24.3. The number of hydrogen-bond donors (Lipinski definition) is 4. The van der Waals surface area contributed by atoms with Crippen LogP contribution in [0.2, 0.25) is 0 Å². The fourth-order valence-corrected chi connectivity index (χ4v) is 9.47. The third-order valence-corrected chi connectivity index (χ3v) is 14.0. The van der Waals surface area contributed by atoms with Crippen molar-refractivity contribution in [2.24, 2.45) is 15.3 Å². The van der Waals surface area contributed by atoms with E-state index >= 15 is 0 Å². The fraction of sp³-hybridized carbons (Fsp3) is 0.358. The molecular formula is C53H63N7O9S2.